The molecule has 0 saturated heterocycles. The van der Waals surface area contributed by atoms with E-state index in [-0.39, 0.29) is 6.04 Å². The third kappa shape index (κ3) is 3.11. The number of halogens is 2. The molecule has 0 radical (unpaired) electrons. The summed E-state index contributed by atoms with van der Waals surface area (Å²) in [5, 5.41) is 2.45. The number of hydrogen-bond donors (Lipinski definition) is 1. The van der Waals surface area contributed by atoms with Gasteiger partial charge in [-0.1, -0.05) is 32.0 Å². The lowest BCUT2D eigenvalue weighted by molar-refractivity contribution is -0.132. The Morgan fingerprint density at radius 2 is 2.11 bits per heavy atom. The zero-order valence-electron chi connectivity index (χ0n) is 11.2. The highest BCUT2D eigenvalue weighted by Crippen LogP contribution is 2.32. The summed E-state index contributed by atoms with van der Waals surface area (Å²) < 4.78 is 24.7. The highest BCUT2D eigenvalue weighted by molar-refractivity contribution is 5.79. The predicted octanol–water partition coefficient (Wildman–Crippen LogP) is 3.57. The quantitative estimate of drug-likeness (QED) is 0.891. The SMILES string of the molecule is CC(C)c1ccc2c(c1)[C@H](NC(=O)C(F)F)CCC2. The first-order chi connectivity index (χ1) is 8.99. The second kappa shape index (κ2) is 5.68. The zero-order chi connectivity index (χ0) is 14.0. The Bertz CT molecular complexity index is 471. The monoisotopic (exact) mass is 267 g/mol. The van der Waals surface area contributed by atoms with Gasteiger partial charge in [0.25, 0.3) is 5.91 Å². The first-order valence-corrected chi connectivity index (χ1v) is 6.70. The van der Waals surface area contributed by atoms with E-state index < -0.39 is 12.3 Å². The van der Waals surface area contributed by atoms with Crippen molar-refractivity contribution in [3.05, 3.63) is 34.9 Å². The standard InChI is InChI=1S/C15H19F2NO/c1-9(2)11-7-6-10-4-3-5-13(12(10)8-11)18-15(19)14(16)17/h6-9,13-14H,3-5H2,1-2H3,(H,18,19)/t13-/m1/s1. The molecule has 0 unspecified atom stereocenters. The molecule has 0 heterocycles. The molecular formula is C15H19F2NO. The van der Waals surface area contributed by atoms with Crippen molar-refractivity contribution in [3.8, 4) is 0 Å². The smallest absolute Gasteiger partial charge is 0.315 e. The van der Waals surface area contributed by atoms with E-state index in [1.165, 1.54) is 5.56 Å². The van der Waals surface area contributed by atoms with Gasteiger partial charge in [-0.3, -0.25) is 4.79 Å². The summed E-state index contributed by atoms with van der Waals surface area (Å²) >= 11 is 0. The van der Waals surface area contributed by atoms with Gasteiger partial charge < -0.3 is 5.32 Å². The van der Waals surface area contributed by atoms with Gasteiger partial charge in [0.15, 0.2) is 0 Å². The molecule has 1 atom stereocenters. The van der Waals surface area contributed by atoms with E-state index in [2.05, 4.69) is 37.4 Å². The summed E-state index contributed by atoms with van der Waals surface area (Å²) in [5.74, 6) is -0.786. The number of carbonyl (C=O) groups is 1. The van der Waals surface area contributed by atoms with E-state index in [1.54, 1.807) is 0 Å². The van der Waals surface area contributed by atoms with Crippen LogP contribution < -0.4 is 5.32 Å². The largest absolute Gasteiger partial charge is 0.344 e. The van der Waals surface area contributed by atoms with Gasteiger partial charge in [0.2, 0.25) is 0 Å². The van der Waals surface area contributed by atoms with Crippen LogP contribution in [0.4, 0.5) is 8.78 Å². The van der Waals surface area contributed by atoms with E-state index in [1.807, 2.05) is 0 Å². The highest BCUT2D eigenvalue weighted by Gasteiger charge is 2.25. The summed E-state index contributed by atoms with van der Waals surface area (Å²) in [6, 6.07) is 5.92. The molecule has 1 N–H and O–H groups in total. The molecular weight excluding hydrogens is 248 g/mol. The van der Waals surface area contributed by atoms with Crippen molar-refractivity contribution in [3.63, 3.8) is 0 Å². The van der Waals surface area contributed by atoms with Gasteiger partial charge in [-0.15, -0.1) is 0 Å². The summed E-state index contributed by atoms with van der Waals surface area (Å²) in [4.78, 5) is 11.2. The third-order valence-electron chi connectivity index (χ3n) is 3.67. The average molecular weight is 267 g/mol. The topological polar surface area (TPSA) is 29.1 Å². The third-order valence-corrected chi connectivity index (χ3v) is 3.67. The fraction of sp³-hybridized carbons (Fsp3) is 0.533. The molecule has 1 aromatic rings. The Labute approximate surface area is 112 Å². The number of hydrogen-bond acceptors (Lipinski definition) is 1. The second-order valence-corrected chi connectivity index (χ2v) is 5.37. The Morgan fingerprint density at radius 1 is 1.37 bits per heavy atom. The Morgan fingerprint density at radius 3 is 2.74 bits per heavy atom. The van der Waals surface area contributed by atoms with Crippen molar-refractivity contribution in [1.82, 2.24) is 5.32 Å². The molecule has 104 valence electrons. The predicted molar refractivity (Wildman–Crippen MR) is 70.4 cm³/mol. The van der Waals surface area contributed by atoms with Gasteiger partial charge in [-0.25, -0.2) is 0 Å². The minimum absolute atomic E-state index is 0.274. The van der Waals surface area contributed by atoms with Crippen LogP contribution in [0.25, 0.3) is 0 Å². The van der Waals surface area contributed by atoms with E-state index in [9.17, 15) is 13.6 Å². The summed E-state index contributed by atoms with van der Waals surface area (Å²) in [5.41, 5.74) is 3.35. The number of carbonyl (C=O) groups excluding carboxylic acids is 1. The van der Waals surface area contributed by atoms with Gasteiger partial charge in [0.05, 0.1) is 6.04 Å². The minimum Gasteiger partial charge on any atom is -0.344 e. The lowest BCUT2D eigenvalue weighted by atomic mass is 9.85. The van der Waals surface area contributed by atoms with Crippen LogP contribution in [0.3, 0.4) is 0 Å². The summed E-state index contributed by atoms with van der Waals surface area (Å²) in [6.07, 6.45) is -0.345. The van der Waals surface area contributed by atoms with Crippen molar-refractivity contribution in [2.75, 3.05) is 0 Å². The van der Waals surface area contributed by atoms with Crippen LogP contribution in [-0.4, -0.2) is 12.3 Å². The van der Waals surface area contributed by atoms with E-state index in [0.717, 1.165) is 30.4 Å². The molecule has 4 heteroatoms. The fourth-order valence-electron chi connectivity index (χ4n) is 2.56. The molecule has 2 rings (SSSR count). The molecule has 2 nitrogen and oxygen atoms in total. The Balaban J connectivity index is 2.26. The van der Waals surface area contributed by atoms with Gasteiger partial charge in [-0.2, -0.15) is 8.78 Å². The average Bonchev–Trinajstić information content (AvgIpc) is 2.38. The first kappa shape index (κ1) is 14.0. The minimum atomic E-state index is -2.95. The maximum Gasteiger partial charge on any atom is 0.315 e. The van der Waals surface area contributed by atoms with Crippen molar-refractivity contribution in [2.24, 2.45) is 0 Å². The molecule has 0 spiro atoms. The molecule has 1 aromatic carbocycles. The molecule has 1 aliphatic carbocycles. The zero-order valence-corrected chi connectivity index (χ0v) is 11.2. The van der Waals surface area contributed by atoms with Crippen LogP contribution in [-0.2, 0) is 11.2 Å². The molecule has 19 heavy (non-hydrogen) atoms. The fourth-order valence-corrected chi connectivity index (χ4v) is 2.56. The van der Waals surface area contributed by atoms with E-state index in [0.29, 0.717) is 5.92 Å². The lowest BCUT2D eigenvalue weighted by Crippen LogP contribution is -2.35. The van der Waals surface area contributed by atoms with Crippen molar-refractivity contribution < 1.29 is 13.6 Å². The molecule has 0 aliphatic heterocycles. The van der Waals surface area contributed by atoms with Gasteiger partial charge in [0, 0.05) is 0 Å². The maximum atomic E-state index is 12.4. The number of benzene rings is 1. The van der Waals surface area contributed by atoms with Gasteiger partial charge in [-0.05, 0) is 41.9 Å². The molecule has 1 aliphatic rings. The van der Waals surface area contributed by atoms with Crippen LogP contribution in [0, 0.1) is 0 Å². The second-order valence-electron chi connectivity index (χ2n) is 5.37. The molecule has 1 amide bonds. The number of aryl methyl sites for hydroxylation is 1. The van der Waals surface area contributed by atoms with Crippen molar-refractivity contribution in [2.45, 2.75) is 51.5 Å². The van der Waals surface area contributed by atoms with Crippen LogP contribution in [0.15, 0.2) is 18.2 Å². The van der Waals surface area contributed by atoms with E-state index >= 15 is 0 Å². The molecule has 0 fully saturated rings. The number of rotatable bonds is 3. The van der Waals surface area contributed by atoms with Crippen LogP contribution in [0.5, 0.6) is 0 Å². The number of fused-ring (bicyclic) bond motifs is 1. The summed E-state index contributed by atoms with van der Waals surface area (Å²) in [7, 11) is 0. The summed E-state index contributed by atoms with van der Waals surface area (Å²) in [6.45, 7) is 4.19. The lowest BCUT2D eigenvalue weighted by Gasteiger charge is -2.27. The Kier molecular flexibility index (Phi) is 4.17. The van der Waals surface area contributed by atoms with Crippen LogP contribution >= 0.6 is 0 Å². The highest BCUT2D eigenvalue weighted by atomic mass is 19.3. The number of alkyl halides is 2. The van der Waals surface area contributed by atoms with Gasteiger partial charge >= 0.3 is 6.43 Å². The first-order valence-electron chi connectivity index (χ1n) is 6.70. The number of nitrogens with one attached hydrogen (secondary N) is 1. The van der Waals surface area contributed by atoms with E-state index in [4.69, 9.17) is 0 Å². The van der Waals surface area contributed by atoms with Crippen molar-refractivity contribution in [1.29, 1.82) is 0 Å². The normalized spacial score (nSPS) is 18.5. The van der Waals surface area contributed by atoms with Crippen LogP contribution in [0.1, 0.15) is 55.3 Å². The number of amides is 1. The van der Waals surface area contributed by atoms with Crippen molar-refractivity contribution >= 4 is 5.91 Å². The van der Waals surface area contributed by atoms with Crippen LogP contribution in [0.2, 0.25) is 0 Å². The molecule has 0 aromatic heterocycles. The maximum absolute atomic E-state index is 12.4. The molecule has 0 saturated carbocycles. The molecule has 0 bridgehead atoms. The van der Waals surface area contributed by atoms with Gasteiger partial charge in [0.1, 0.15) is 0 Å². The Hall–Kier alpha value is -1.45.